The van der Waals surface area contributed by atoms with E-state index in [-0.39, 0.29) is 0 Å². The van der Waals surface area contributed by atoms with Crippen LogP contribution in [0.4, 0.5) is 8.78 Å². The smallest absolute Gasteiger partial charge is 0.393 e. The van der Waals surface area contributed by atoms with E-state index >= 15 is 0 Å². The van der Waals surface area contributed by atoms with E-state index in [4.69, 9.17) is 21.1 Å². The third kappa shape index (κ3) is 5.09. The lowest BCUT2D eigenvalue weighted by molar-refractivity contribution is -0.184. The molecule has 1 saturated carbocycles. The Bertz CT molecular complexity index is 1050. The average Bonchev–Trinajstić information content (AvgIpc) is 3.32. The topological polar surface area (TPSA) is 68.5 Å². The van der Waals surface area contributed by atoms with E-state index in [1.54, 1.807) is 50.2 Å². The minimum atomic E-state index is -3.64. The summed E-state index contributed by atoms with van der Waals surface area (Å²) >= 11 is 5.69. The molecule has 3 atom stereocenters. The van der Waals surface area contributed by atoms with Crippen molar-refractivity contribution >= 4 is 17.6 Å². The van der Waals surface area contributed by atoms with Gasteiger partial charge in [0.2, 0.25) is 6.10 Å². The van der Waals surface area contributed by atoms with Crippen LogP contribution in [0.1, 0.15) is 25.5 Å². The molecule has 168 valence electrons. The maximum Gasteiger partial charge on any atom is 0.393 e. The van der Waals surface area contributed by atoms with Crippen molar-refractivity contribution in [2.45, 2.75) is 26.1 Å². The highest BCUT2D eigenvalue weighted by Gasteiger charge is 2.62. The van der Waals surface area contributed by atoms with Gasteiger partial charge < -0.3 is 14.2 Å². The van der Waals surface area contributed by atoms with E-state index in [1.807, 2.05) is 24.3 Å². The molecule has 2 aromatic carbocycles. The first-order valence-corrected chi connectivity index (χ1v) is 10.2. The molecule has 32 heavy (non-hydrogen) atoms. The van der Waals surface area contributed by atoms with Crippen LogP contribution in [0.5, 0.6) is 11.5 Å². The van der Waals surface area contributed by atoms with Crippen molar-refractivity contribution in [3.8, 4) is 17.6 Å². The Labute approximate surface area is 190 Å². The fourth-order valence-electron chi connectivity index (χ4n) is 3.52. The van der Waals surface area contributed by atoms with Gasteiger partial charge in [-0.1, -0.05) is 61.9 Å². The molecule has 2 aromatic rings. The second kappa shape index (κ2) is 9.27. The van der Waals surface area contributed by atoms with Gasteiger partial charge in [-0.2, -0.15) is 14.0 Å². The molecule has 0 amide bonds. The Kier molecular flexibility index (Phi) is 6.87. The number of carbonyl (C=O) groups excluding carboxylic acids is 1. The average molecular weight is 462 g/mol. The monoisotopic (exact) mass is 461 g/mol. The molecule has 0 aromatic heterocycles. The number of halogens is 3. The van der Waals surface area contributed by atoms with Crippen LogP contribution in [-0.4, -0.2) is 19.2 Å². The molecule has 0 N–H and O–H groups in total. The van der Waals surface area contributed by atoms with Crippen LogP contribution in [0.25, 0.3) is 0 Å². The van der Waals surface area contributed by atoms with Gasteiger partial charge in [-0.3, -0.25) is 4.79 Å². The van der Waals surface area contributed by atoms with Crippen LogP contribution in [0.2, 0.25) is 0 Å². The fourth-order valence-corrected chi connectivity index (χ4v) is 3.73. The van der Waals surface area contributed by atoms with Gasteiger partial charge >= 0.3 is 12.1 Å². The molecule has 0 radical (unpaired) electrons. The van der Waals surface area contributed by atoms with Crippen molar-refractivity contribution in [2.24, 2.45) is 17.3 Å². The van der Waals surface area contributed by atoms with Crippen molar-refractivity contribution < 1.29 is 27.8 Å². The SMILES string of the molecule is COC(F)(F)C(Cl)=C[C@@H]1[C@@H](C(=O)OC(C#N)c2cccc(Oc3ccccc3)c2)C1(C)C. The zero-order valence-corrected chi connectivity index (χ0v) is 18.5. The van der Waals surface area contributed by atoms with Gasteiger partial charge in [-0.25, -0.2) is 0 Å². The van der Waals surface area contributed by atoms with E-state index in [1.165, 1.54) is 0 Å². The van der Waals surface area contributed by atoms with Gasteiger partial charge in [0.25, 0.3) is 0 Å². The highest BCUT2D eigenvalue weighted by atomic mass is 35.5. The van der Waals surface area contributed by atoms with Crippen LogP contribution in [0.3, 0.4) is 0 Å². The summed E-state index contributed by atoms with van der Waals surface area (Å²) in [4.78, 5) is 12.8. The number of nitriles is 1. The molecule has 3 rings (SSSR count). The summed E-state index contributed by atoms with van der Waals surface area (Å²) in [5.74, 6) is -0.859. The number of benzene rings is 2. The number of esters is 1. The van der Waals surface area contributed by atoms with Crippen molar-refractivity contribution in [2.75, 3.05) is 7.11 Å². The van der Waals surface area contributed by atoms with Gasteiger partial charge in [-0.15, -0.1) is 0 Å². The third-order valence-corrected chi connectivity index (χ3v) is 5.86. The normalized spacial score (nSPS) is 20.7. The molecule has 8 heteroatoms. The van der Waals surface area contributed by atoms with Gasteiger partial charge in [0.05, 0.1) is 5.92 Å². The maximum atomic E-state index is 13.6. The summed E-state index contributed by atoms with van der Waals surface area (Å²) in [6, 6.07) is 17.7. The Morgan fingerprint density at radius 3 is 2.47 bits per heavy atom. The van der Waals surface area contributed by atoms with Crippen molar-refractivity contribution in [3.05, 3.63) is 71.3 Å². The number of para-hydroxylation sites is 1. The highest BCUT2D eigenvalue weighted by molar-refractivity contribution is 6.30. The summed E-state index contributed by atoms with van der Waals surface area (Å²) in [7, 11) is 0.840. The third-order valence-electron chi connectivity index (χ3n) is 5.52. The minimum Gasteiger partial charge on any atom is -0.457 e. The highest BCUT2D eigenvalue weighted by Crippen LogP contribution is 2.60. The predicted molar refractivity (Wildman–Crippen MR) is 114 cm³/mol. The number of nitrogens with zero attached hydrogens (tertiary/aromatic N) is 1. The largest absolute Gasteiger partial charge is 0.457 e. The van der Waals surface area contributed by atoms with Gasteiger partial charge in [0, 0.05) is 12.7 Å². The number of alkyl halides is 2. The molecule has 1 aliphatic carbocycles. The quantitative estimate of drug-likeness (QED) is 0.436. The van der Waals surface area contributed by atoms with Crippen LogP contribution < -0.4 is 4.74 Å². The Balaban J connectivity index is 1.72. The molecule has 1 fully saturated rings. The first kappa shape index (κ1) is 23.7. The number of ether oxygens (including phenoxy) is 3. The summed E-state index contributed by atoms with van der Waals surface area (Å²) in [5, 5.41) is 8.78. The minimum absolute atomic E-state index is 0.434. The lowest BCUT2D eigenvalue weighted by atomic mass is 10.1. The van der Waals surface area contributed by atoms with Gasteiger partial charge in [0.15, 0.2) is 0 Å². The van der Waals surface area contributed by atoms with Crippen molar-refractivity contribution in [1.29, 1.82) is 5.26 Å². The number of hydrogen-bond acceptors (Lipinski definition) is 5. The second-order valence-electron chi connectivity index (χ2n) is 7.99. The summed E-state index contributed by atoms with van der Waals surface area (Å²) in [6.07, 6.45) is -3.70. The van der Waals surface area contributed by atoms with E-state index in [9.17, 15) is 18.8 Å². The summed E-state index contributed by atoms with van der Waals surface area (Å²) in [5.41, 5.74) is -0.219. The fraction of sp³-hybridized carbons (Fsp3) is 0.333. The van der Waals surface area contributed by atoms with Crippen molar-refractivity contribution in [1.82, 2.24) is 0 Å². The van der Waals surface area contributed by atoms with E-state index < -0.39 is 40.5 Å². The first-order valence-electron chi connectivity index (χ1n) is 9.84. The molecule has 5 nitrogen and oxygen atoms in total. The molecular weight excluding hydrogens is 440 g/mol. The number of carbonyl (C=O) groups is 1. The molecule has 0 bridgehead atoms. The lowest BCUT2D eigenvalue weighted by Crippen LogP contribution is -2.19. The molecule has 0 spiro atoms. The van der Waals surface area contributed by atoms with Gasteiger partial charge in [-0.05, 0) is 35.6 Å². The van der Waals surface area contributed by atoms with E-state index in [2.05, 4.69) is 4.74 Å². The number of allylic oxidation sites excluding steroid dienone is 1. The first-order chi connectivity index (χ1) is 15.1. The zero-order valence-electron chi connectivity index (χ0n) is 17.7. The van der Waals surface area contributed by atoms with Crippen LogP contribution in [0, 0.1) is 28.6 Å². The molecule has 0 aliphatic heterocycles. The van der Waals surface area contributed by atoms with Crippen LogP contribution >= 0.6 is 11.6 Å². The number of hydrogen-bond donors (Lipinski definition) is 0. The predicted octanol–water partition coefficient (Wildman–Crippen LogP) is 6.22. The molecule has 1 unspecified atom stereocenters. The summed E-state index contributed by atoms with van der Waals surface area (Å²) < 4.78 is 42.5. The zero-order chi connectivity index (χ0) is 23.5. The Morgan fingerprint density at radius 2 is 1.84 bits per heavy atom. The van der Waals surface area contributed by atoms with Gasteiger partial charge in [0.1, 0.15) is 22.6 Å². The molecule has 0 saturated heterocycles. The molecule has 1 aliphatic rings. The second-order valence-corrected chi connectivity index (χ2v) is 8.40. The standard InChI is InChI=1S/C24H22ClF2NO4/c1-23(2)18(13-20(25)24(26,27)30-3)21(23)22(29)32-19(14-28)15-8-7-11-17(12-15)31-16-9-5-4-6-10-16/h4-13,18-19,21H,1-3H3/t18-,19?,21+/m1/s1. The maximum absolute atomic E-state index is 13.6. The van der Waals surface area contributed by atoms with E-state index in [0.717, 1.165) is 13.2 Å². The Morgan fingerprint density at radius 1 is 1.19 bits per heavy atom. The van der Waals surface area contributed by atoms with Crippen LogP contribution in [-0.2, 0) is 14.3 Å². The Hall–Kier alpha value is -2.95. The summed E-state index contributed by atoms with van der Waals surface area (Å²) in [6.45, 7) is 3.48. The molecule has 0 heterocycles. The van der Waals surface area contributed by atoms with Crippen molar-refractivity contribution in [3.63, 3.8) is 0 Å². The number of rotatable bonds is 8. The van der Waals surface area contributed by atoms with E-state index in [0.29, 0.717) is 17.1 Å². The lowest BCUT2D eigenvalue weighted by Gasteiger charge is -2.14. The number of methoxy groups -OCH3 is 1. The van der Waals surface area contributed by atoms with Crippen LogP contribution in [0.15, 0.2) is 65.7 Å². The molecular formula is C24H22ClF2NO4.